The summed E-state index contributed by atoms with van der Waals surface area (Å²) < 4.78 is 4.74. The second-order valence-electron chi connectivity index (χ2n) is 4.52. The maximum Gasteiger partial charge on any atom is 0.307 e. The van der Waals surface area contributed by atoms with E-state index in [0.29, 0.717) is 25.4 Å². The molecule has 5 nitrogen and oxygen atoms in total. The highest BCUT2D eigenvalue weighted by molar-refractivity contribution is 5.86. The third-order valence-electron chi connectivity index (χ3n) is 2.96. The molecule has 0 spiro atoms. The number of nitriles is 1. The molecule has 17 heavy (non-hydrogen) atoms. The zero-order valence-electron chi connectivity index (χ0n) is 10.3. The molecule has 5 heteroatoms. The molecule has 0 unspecified atom stereocenters. The molecule has 1 N–H and O–H groups in total. The molecule has 0 heterocycles. The molecule has 0 atom stereocenters. The Labute approximate surface area is 101 Å². The minimum Gasteiger partial charge on any atom is -0.466 e. The molecule has 0 aliphatic heterocycles. The van der Waals surface area contributed by atoms with Crippen molar-refractivity contribution in [2.45, 2.75) is 33.1 Å². The van der Waals surface area contributed by atoms with Gasteiger partial charge in [-0.1, -0.05) is 6.92 Å². The van der Waals surface area contributed by atoms with Gasteiger partial charge in [-0.3, -0.25) is 9.59 Å². The van der Waals surface area contributed by atoms with E-state index in [0.717, 1.165) is 0 Å². The van der Waals surface area contributed by atoms with Crippen molar-refractivity contribution in [1.29, 1.82) is 5.26 Å². The van der Waals surface area contributed by atoms with E-state index < -0.39 is 5.41 Å². The van der Waals surface area contributed by atoms with Crippen molar-refractivity contribution in [1.82, 2.24) is 5.32 Å². The van der Waals surface area contributed by atoms with E-state index in [9.17, 15) is 9.59 Å². The van der Waals surface area contributed by atoms with Crippen LogP contribution < -0.4 is 5.32 Å². The normalized spacial score (nSPS) is 26.5. The summed E-state index contributed by atoms with van der Waals surface area (Å²) in [5.41, 5.74) is -0.867. The quantitative estimate of drug-likeness (QED) is 0.724. The smallest absolute Gasteiger partial charge is 0.307 e. The van der Waals surface area contributed by atoms with Crippen LogP contribution in [0.4, 0.5) is 0 Å². The highest BCUT2D eigenvalue weighted by Crippen LogP contribution is 2.44. The van der Waals surface area contributed by atoms with Gasteiger partial charge in [-0.05, 0) is 25.7 Å². The lowest BCUT2D eigenvalue weighted by atomic mass is 9.63. The average molecular weight is 238 g/mol. The summed E-state index contributed by atoms with van der Waals surface area (Å²) in [7, 11) is 0. The first-order valence-electron chi connectivity index (χ1n) is 5.89. The molecule has 1 fully saturated rings. The first-order valence-corrected chi connectivity index (χ1v) is 5.89. The largest absolute Gasteiger partial charge is 0.466 e. The van der Waals surface area contributed by atoms with Crippen LogP contribution in [0.2, 0.25) is 0 Å². The number of rotatable bonds is 5. The fourth-order valence-corrected chi connectivity index (χ4v) is 2.14. The minimum atomic E-state index is -0.867. The van der Waals surface area contributed by atoms with Crippen molar-refractivity contribution < 1.29 is 14.3 Å². The molecule has 1 aliphatic carbocycles. The summed E-state index contributed by atoms with van der Waals surface area (Å²) in [4.78, 5) is 22.8. The molecular weight excluding hydrogens is 220 g/mol. The number of carbonyl (C=O) groups excluding carboxylic acids is 2. The number of carbonyl (C=O) groups is 2. The summed E-state index contributed by atoms with van der Waals surface area (Å²) in [6.07, 6.45) is 1.36. The number of nitrogens with zero attached hydrogens (tertiary/aromatic N) is 1. The predicted molar refractivity (Wildman–Crippen MR) is 60.7 cm³/mol. The fourth-order valence-electron chi connectivity index (χ4n) is 2.14. The van der Waals surface area contributed by atoms with Gasteiger partial charge in [0, 0.05) is 6.54 Å². The lowest BCUT2D eigenvalue weighted by molar-refractivity contribution is -0.143. The molecule has 1 rings (SSSR count). The lowest BCUT2D eigenvalue weighted by Crippen LogP contribution is -2.48. The second-order valence-corrected chi connectivity index (χ2v) is 4.52. The first-order chi connectivity index (χ1) is 8.04. The molecule has 1 saturated carbocycles. The van der Waals surface area contributed by atoms with Crippen molar-refractivity contribution in [2.75, 3.05) is 13.2 Å². The molecule has 94 valence electrons. The molecule has 0 saturated heterocycles. The molecule has 0 aromatic rings. The van der Waals surface area contributed by atoms with Gasteiger partial charge in [0.05, 0.1) is 19.1 Å². The van der Waals surface area contributed by atoms with Crippen LogP contribution in [0.25, 0.3) is 0 Å². The molecule has 1 aliphatic rings. The zero-order chi connectivity index (χ0) is 12.9. The standard InChI is InChI=1S/C12H18N2O3/c1-3-17-10(15)4-5-14-11(16)12(8-13)6-9(2)7-12/h9H,3-7H2,1-2H3,(H,14,16). The predicted octanol–water partition coefficient (Wildman–Crippen LogP) is 0.996. The molecular formula is C12H18N2O3. The Morgan fingerprint density at radius 3 is 2.65 bits per heavy atom. The highest BCUT2D eigenvalue weighted by Gasteiger charge is 2.48. The van der Waals surface area contributed by atoms with Crippen LogP contribution in [0.3, 0.4) is 0 Å². The Hall–Kier alpha value is -1.57. The Morgan fingerprint density at radius 2 is 2.18 bits per heavy atom. The van der Waals surface area contributed by atoms with Crippen LogP contribution in [0.15, 0.2) is 0 Å². The number of esters is 1. The number of amides is 1. The Balaban J connectivity index is 2.31. The summed E-state index contributed by atoms with van der Waals surface area (Å²) in [6.45, 7) is 4.32. The van der Waals surface area contributed by atoms with Gasteiger partial charge in [-0.2, -0.15) is 5.26 Å². The topological polar surface area (TPSA) is 79.2 Å². The van der Waals surface area contributed by atoms with Gasteiger partial charge >= 0.3 is 5.97 Å². The SMILES string of the molecule is CCOC(=O)CCNC(=O)C1(C#N)CC(C)C1. The van der Waals surface area contributed by atoms with Crippen LogP contribution in [0.1, 0.15) is 33.1 Å². The van der Waals surface area contributed by atoms with E-state index in [1.807, 2.05) is 6.92 Å². The average Bonchev–Trinajstić information content (AvgIpc) is 2.24. The van der Waals surface area contributed by atoms with Gasteiger partial charge in [0.25, 0.3) is 0 Å². The van der Waals surface area contributed by atoms with Crippen molar-refractivity contribution in [3.63, 3.8) is 0 Å². The maximum absolute atomic E-state index is 11.8. The number of hydrogen-bond acceptors (Lipinski definition) is 4. The van der Waals surface area contributed by atoms with Gasteiger partial charge in [-0.25, -0.2) is 0 Å². The van der Waals surface area contributed by atoms with E-state index in [1.54, 1.807) is 6.92 Å². The molecule has 1 amide bonds. The first kappa shape index (κ1) is 13.5. The third-order valence-corrected chi connectivity index (χ3v) is 2.96. The number of nitrogens with one attached hydrogen (secondary N) is 1. The van der Waals surface area contributed by atoms with E-state index in [2.05, 4.69) is 11.4 Å². The van der Waals surface area contributed by atoms with Crippen LogP contribution >= 0.6 is 0 Å². The highest BCUT2D eigenvalue weighted by atomic mass is 16.5. The zero-order valence-corrected chi connectivity index (χ0v) is 10.3. The van der Waals surface area contributed by atoms with E-state index in [-0.39, 0.29) is 24.8 Å². The van der Waals surface area contributed by atoms with E-state index >= 15 is 0 Å². The minimum absolute atomic E-state index is 0.149. The van der Waals surface area contributed by atoms with Crippen molar-refractivity contribution in [2.24, 2.45) is 11.3 Å². The molecule has 0 aromatic heterocycles. The molecule has 0 aromatic carbocycles. The van der Waals surface area contributed by atoms with Gasteiger partial charge in [-0.15, -0.1) is 0 Å². The van der Waals surface area contributed by atoms with Crippen LogP contribution in [-0.4, -0.2) is 25.0 Å². The Bertz CT molecular complexity index is 340. The van der Waals surface area contributed by atoms with Crippen LogP contribution in [-0.2, 0) is 14.3 Å². The Kier molecular flexibility index (Phi) is 4.50. The second kappa shape index (κ2) is 5.67. The lowest BCUT2D eigenvalue weighted by Gasteiger charge is -2.39. The maximum atomic E-state index is 11.8. The summed E-state index contributed by atoms with van der Waals surface area (Å²) in [5, 5.41) is 11.6. The van der Waals surface area contributed by atoms with Gasteiger partial charge in [0.2, 0.25) is 5.91 Å². The van der Waals surface area contributed by atoms with Gasteiger partial charge in [0.1, 0.15) is 5.41 Å². The van der Waals surface area contributed by atoms with Gasteiger partial charge in [0.15, 0.2) is 0 Å². The fraction of sp³-hybridized carbons (Fsp3) is 0.750. The van der Waals surface area contributed by atoms with Crippen LogP contribution in [0, 0.1) is 22.7 Å². The number of hydrogen-bond donors (Lipinski definition) is 1. The van der Waals surface area contributed by atoms with Gasteiger partial charge < -0.3 is 10.1 Å². The van der Waals surface area contributed by atoms with Crippen molar-refractivity contribution in [3.8, 4) is 6.07 Å². The molecule has 0 bridgehead atoms. The van der Waals surface area contributed by atoms with Crippen molar-refractivity contribution in [3.05, 3.63) is 0 Å². The van der Waals surface area contributed by atoms with E-state index in [1.165, 1.54) is 0 Å². The van der Waals surface area contributed by atoms with E-state index in [4.69, 9.17) is 10.00 Å². The summed E-state index contributed by atoms with van der Waals surface area (Å²) in [6, 6.07) is 2.08. The third kappa shape index (κ3) is 3.19. The summed E-state index contributed by atoms with van der Waals surface area (Å²) >= 11 is 0. The summed E-state index contributed by atoms with van der Waals surface area (Å²) in [5.74, 6) is -0.173. The van der Waals surface area contributed by atoms with Crippen LogP contribution in [0.5, 0.6) is 0 Å². The molecule has 0 radical (unpaired) electrons. The Morgan fingerprint density at radius 1 is 1.53 bits per heavy atom. The van der Waals surface area contributed by atoms with Crippen molar-refractivity contribution >= 4 is 11.9 Å². The monoisotopic (exact) mass is 238 g/mol. The number of ether oxygens (including phenoxy) is 1.